The van der Waals surface area contributed by atoms with Crippen LogP contribution in [0, 0.1) is 11.6 Å². The number of esters is 1. The maximum Gasteiger partial charge on any atom is 0.311 e. The Morgan fingerprint density at radius 3 is 2.48 bits per heavy atom. The number of rotatable bonds is 10. The molecule has 1 aromatic heterocycles. The molecule has 8 nitrogen and oxygen atoms in total. The molecule has 1 unspecified atom stereocenters. The van der Waals surface area contributed by atoms with Crippen molar-refractivity contribution in [1.82, 2.24) is 4.98 Å². The Morgan fingerprint density at radius 2 is 1.82 bits per heavy atom. The summed E-state index contributed by atoms with van der Waals surface area (Å²) in [5.41, 5.74) is 0.429. The van der Waals surface area contributed by atoms with E-state index in [0.717, 1.165) is 42.7 Å². The molecule has 3 aromatic rings. The van der Waals surface area contributed by atoms with Crippen LogP contribution in [0.15, 0.2) is 47.4 Å². The molecule has 1 aliphatic rings. The SMILES string of the molecule is CCOC(=O)Cc1nc(NC(=O)C(Oc2ccc(F)cc2F)c2ccc(S(=O)(=O)C3CCCCC3)cc2)sc1Cl. The van der Waals surface area contributed by atoms with E-state index >= 15 is 0 Å². The van der Waals surface area contributed by atoms with Crippen LogP contribution in [-0.2, 0) is 30.6 Å². The first kappa shape index (κ1) is 29.9. The first-order valence-electron chi connectivity index (χ1n) is 12.7. The number of carbonyl (C=O) groups excluding carboxylic acids is 2. The number of benzene rings is 2. The Morgan fingerprint density at radius 1 is 1.12 bits per heavy atom. The van der Waals surface area contributed by atoms with E-state index in [1.807, 2.05) is 0 Å². The lowest BCUT2D eigenvalue weighted by molar-refractivity contribution is -0.142. The van der Waals surface area contributed by atoms with Crippen molar-refractivity contribution in [2.24, 2.45) is 0 Å². The number of thiazole rings is 1. The summed E-state index contributed by atoms with van der Waals surface area (Å²) >= 11 is 7.09. The number of aromatic nitrogens is 1. The van der Waals surface area contributed by atoms with Gasteiger partial charge in [0.2, 0.25) is 6.10 Å². The van der Waals surface area contributed by atoms with E-state index in [9.17, 15) is 26.8 Å². The van der Waals surface area contributed by atoms with Gasteiger partial charge in [0.15, 0.2) is 26.5 Å². The summed E-state index contributed by atoms with van der Waals surface area (Å²) in [4.78, 5) is 29.5. The van der Waals surface area contributed by atoms with Crippen LogP contribution in [0.3, 0.4) is 0 Å². The highest BCUT2D eigenvalue weighted by atomic mass is 35.5. The minimum absolute atomic E-state index is 0.0546. The van der Waals surface area contributed by atoms with Gasteiger partial charge in [-0.05, 0) is 44.0 Å². The van der Waals surface area contributed by atoms with E-state index in [-0.39, 0.29) is 44.4 Å². The van der Waals surface area contributed by atoms with Gasteiger partial charge in [-0.3, -0.25) is 14.9 Å². The summed E-state index contributed by atoms with van der Waals surface area (Å²) in [5, 5.41) is 2.14. The van der Waals surface area contributed by atoms with Crippen LogP contribution in [0.2, 0.25) is 4.34 Å². The summed E-state index contributed by atoms with van der Waals surface area (Å²) in [7, 11) is -3.56. The third-order valence-corrected chi connectivity index (χ3v) is 9.91. The molecule has 1 fully saturated rings. The number of hydrogen-bond donors (Lipinski definition) is 1. The van der Waals surface area contributed by atoms with Gasteiger partial charge in [0, 0.05) is 11.6 Å². The van der Waals surface area contributed by atoms with Gasteiger partial charge in [0.25, 0.3) is 5.91 Å². The lowest BCUT2D eigenvalue weighted by Gasteiger charge is -2.22. The first-order chi connectivity index (χ1) is 19.1. The minimum Gasteiger partial charge on any atom is -0.473 e. The van der Waals surface area contributed by atoms with Crippen LogP contribution in [0.1, 0.15) is 56.4 Å². The monoisotopic (exact) mass is 612 g/mol. The normalized spacial score (nSPS) is 14.9. The molecule has 0 radical (unpaired) electrons. The van der Waals surface area contributed by atoms with Gasteiger partial charge in [-0.2, -0.15) is 0 Å². The third-order valence-electron chi connectivity index (χ3n) is 6.38. The van der Waals surface area contributed by atoms with E-state index in [2.05, 4.69) is 10.3 Å². The molecule has 1 saturated carbocycles. The van der Waals surface area contributed by atoms with Gasteiger partial charge in [-0.1, -0.05) is 54.3 Å². The van der Waals surface area contributed by atoms with Gasteiger partial charge in [-0.25, -0.2) is 22.2 Å². The summed E-state index contributed by atoms with van der Waals surface area (Å²) in [6, 6.07) is 8.26. The quantitative estimate of drug-likeness (QED) is 0.278. The fraction of sp³-hybridized carbons (Fsp3) is 0.370. The summed E-state index contributed by atoms with van der Waals surface area (Å²) < 4.78 is 64.9. The Kier molecular flexibility index (Phi) is 9.75. The number of nitrogens with one attached hydrogen (secondary N) is 1. The maximum atomic E-state index is 14.4. The lowest BCUT2D eigenvalue weighted by Crippen LogP contribution is -2.26. The fourth-order valence-corrected chi connectivity index (χ4v) is 7.28. The molecular weight excluding hydrogens is 586 g/mol. The molecule has 13 heteroatoms. The van der Waals surface area contributed by atoms with Crippen LogP contribution in [0.5, 0.6) is 5.75 Å². The van der Waals surface area contributed by atoms with Crippen molar-refractivity contribution in [3.63, 3.8) is 0 Å². The molecule has 1 N–H and O–H groups in total. The second-order valence-electron chi connectivity index (χ2n) is 9.16. The minimum atomic E-state index is -3.56. The number of amides is 1. The second-order valence-corrected chi connectivity index (χ2v) is 13.0. The van der Waals surface area contributed by atoms with Crippen molar-refractivity contribution in [2.45, 2.75) is 61.7 Å². The highest BCUT2D eigenvalue weighted by Gasteiger charge is 2.30. The summed E-state index contributed by atoms with van der Waals surface area (Å²) in [6.45, 7) is 1.85. The van der Waals surface area contributed by atoms with Gasteiger partial charge >= 0.3 is 5.97 Å². The fourth-order valence-electron chi connectivity index (χ4n) is 4.39. The molecule has 40 heavy (non-hydrogen) atoms. The smallest absolute Gasteiger partial charge is 0.311 e. The van der Waals surface area contributed by atoms with Gasteiger partial charge in [0.1, 0.15) is 10.2 Å². The van der Waals surface area contributed by atoms with E-state index in [1.165, 1.54) is 24.3 Å². The van der Waals surface area contributed by atoms with Crippen molar-refractivity contribution in [3.8, 4) is 5.75 Å². The molecule has 0 aliphatic heterocycles. The zero-order valence-electron chi connectivity index (χ0n) is 21.5. The van der Waals surface area contributed by atoms with Crippen molar-refractivity contribution < 1.29 is 36.3 Å². The molecule has 1 aliphatic carbocycles. The number of nitrogens with zero attached hydrogens (tertiary/aromatic N) is 1. The largest absolute Gasteiger partial charge is 0.473 e. The van der Waals surface area contributed by atoms with Gasteiger partial charge in [0.05, 0.1) is 28.9 Å². The van der Waals surface area contributed by atoms with E-state index in [1.54, 1.807) is 6.92 Å². The van der Waals surface area contributed by atoms with Crippen LogP contribution < -0.4 is 10.1 Å². The molecule has 1 heterocycles. The zero-order chi connectivity index (χ0) is 28.9. The van der Waals surface area contributed by atoms with Crippen molar-refractivity contribution in [3.05, 3.63) is 69.7 Å². The van der Waals surface area contributed by atoms with Crippen molar-refractivity contribution in [2.75, 3.05) is 11.9 Å². The Bertz CT molecular complexity index is 1470. The standard InChI is InChI=1S/C27H27ClF2N2O6S2/c1-2-37-23(33)15-21-25(28)39-27(31-21)32-26(34)24(38-22-13-10-17(29)14-20(22)30)16-8-11-19(12-9-16)40(35,36)18-6-4-3-5-7-18/h8-14,18,24H,2-7,15H2,1H3,(H,31,32,34). The van der Waals surface area contributed by atoms with E-state index in [4.69, 9.17) is 21.1 Å². The van der Waals surface area contributed by atoms with Crippen LogP contribution in [-0.4, -0.2) is 37.1 Å². The molecule has 0 spiro atoms. The number of anilines is 1. The van der Waals surface area contributed by atoms with E-state index in [0.29, 0.717) is 18.9 Å². The van der Waals surface area contributed by atoms with Gasteiger partial charge < -0.3 is 9.47 Å². The van der Waals surface area contributed by atoms with Crippen LogP contribution in [0.4, 0.5) is 13.9 Å². The topological polar surface area (TPSA) is 112 Å². The first-order valence-corrected chi connectivity index (χ1v) is 15.4. The summed E-state index contributed by atoms with van der Waals surface area (Å²) in [5.74, 6) is -3.55. The van der Waals surface area contributed by atoms with Crippen molar-refractivity contribution in [1.29, 1.82) is 0 Å². The third kappa shape index (κ3) is 7.15. The molecule has 4 rings (SSSR count). The van der Waals surface area contributed by atoms with Gasteiger partial charge in [-0.15, -0.1) is 0 Å². The maximum absolute atomic E-state index is 14.4. The average molecular weight is 613 g/mol. The predicted octanol–water partition coefficient (Wildman–Crippen LogP) is 6.05. The molecule has 1 amide bonds. The van der Waals surface area contributed by atoms with Crippen molar-refractivity contribution >= 4 is 49.8 Å². The molecule has 0 saturated heterocycles. The molecule has 1 atom stereocenters. The molecule has 214 valence electrons. The van der Waals surface area contributed by atoms with E-state index < -0.39 is 44.7 Å². The Balaban J connectivity index is 1.60. The highest BCUT2D eigenvalue weighted by Crippen LogP contribution is 2.33. The lowest BCUT2D eigenvalue weighted by atomic mass is 10.0. The zero-order valence-corrected chi connectivity index (χ0v) is 23.9. The predicted molar refractivity (Wildman–Crippen MR) is 146 cm³/mol. The molecular formula is C27H27ClF2N2O6S2. The highest BCUT2D eigenvalue weighted by molar-refractivity contribution is 7.92. The Labute approximate surface area is 239 Å². The second kappa shape index (κ2) is 13.0. The number of halogens is 3. The van der Waals surface area contributed by atoms with Crippen LogP contribution in [0.25, 0.3) is 0 Å². The number of carbonyl (C=O) groups is 2. The molecule has 2 aromatic carbocycles. The number of sulfone groups is 1. The summed E-state index contributed by atoms with van der Waals surface area (Å²) in [6.07, 6.45) is 2.23. The molecule has 0 bridgehead atoms. The van der Waals surface area contributed by atoms with Crippen LogP contribution >= 0.6 is 22.9 Å². The average Bonchev–Trinajstić information content (AvgIpc) is 3.26. The Hall–Kier alpha value is -3.09. The number of ether oxygens (including phenoxy) is 2. The number of hydrogen-bond acceptors (Lipinski definition) is 8.